The number of rotatable bonds is 3. The van der Waals surface area contributed by atoms with Gasteiger partial charge in [-0.05, 0) is 12.1 Å². The molecule has 0 aliphatic heterocycles. The summed E-state index contributed by atoms with van der Waals surface area (Å²) in [7, 11) is 0. The summed E-state index contributed by atoms with van der Waals surface area (Å²) >= 11 is 12.0. The largest absolute Gasteiger partial charge is 0.480 e. The van der Waals surface area contributed by atoms with Crippen molar-refractivity contribution < 1.29 is 15.1 Å². The first-order chi connectivity index (χ1) is 8.43. The Morgan fingerprint density at radius 3 is 2.72 bits per heavy atom. The number of nitrogens with zero attached hydrogens (tertiary/aromatic N) is 1. The standard InChI is InChI=1S/C11H10Cl2N2O3/c12-6-2-1-3-8-9(6)5(10(13)15(8)18)4-7(14)11(16)17/h1-3,7,18H,4,14H2,(H,16,17). The Labute approximate surface area is 112 Å². The van der Waals surface area contributed by atoms with Crippen LogP contribution in [0.25, 0.3) is 10.9 Å². The first-order valence-corrected chi connectivity index (χ1v) is 5.84. The fourth-order valence-electron chi connectivity index (χ4n) is 1.82. The van der Waals surface area contributed by atoms with Gasteiger partial charge in [0.25, 0.3) is 0 Å². The topological polar surface area (TPSA) is 88.5 Å². The van der Waals surface area contributed by atoms with E-state index in [1.807, 2.05) is 0 Å². The number of hydrogen-bond acceptors (Lipinski definition) is 3. The zero-order chi connectivity index (χ0) is 13.4. The average Bonchev–Trinajstić information content (AvgIpc) is 2.56. The second-order valence-electron chi connectivity index (χ2n) is 3.86. The number of nitrogens with two attached hydrogens (primary N) is 1. The quantitative estimate of drug-likeness (QED) is 0.755. The molecule has 1 atom stereocenters. The van der Waals surface area contributed by atoms with Crippen molar-refractivity contribution in [1.82, 2.24) is 4.73 Å². The van der Waals surface area contributed by atoms with E-state index in [4.69, 9.17) is 34.0 Å². The molecule has 0 saturated heterocycles. The fourth-order valence-corrected chi connectivity index (χ4v) is 2.36. The molecule has 0 radical (unpaired) electrons. The van der Waals surface area contributed by atoms with Crippen LogP contribution in [0.5, 0.6) is 0 Å². The lowest BCUT2D eigenvalue weighted by molar-refractivity contribution is -0.138. The van der Waals surface area contributed by atoms with Crippen LogP contribution in [0.3, 0.4) is 0 Å². The molecule has 96 valence electrons. The Kier molecular flexibility index (Phi) is 3.38. The Balaban J connectivity index is 2.63. The highest BCUT2D eigenvalue weighted by Gasteiger charge is 2.22. The zero-order valence-corrected chi connectivity index (χ0v) is 10.6. The van der Waals surface area contributed by atoms with Crippen LogP contribution in [-0.4, -0.2) is 27.1 Å². The van der Waals surface area contributed by atoms with E-state index in [2.05, 4.69) is 0 Å². The summed E-state index contributed by atoms with van der Waals surface area (Å²) in [5.41, 5.74) is 6.32. The molecule has 1 aromatic carbocycles. The number of carbonyl (C=O) groups is 1. The van der Waals surface area contributed by atoms with Crippen LogP contribution < -0.4 is 5.73 Å². The molecule has 0 amide bonds. The van der Waals surface area contributed by atoms with Crippen molar-refractivity contribution in [2.45, 2.75) is 12.5 Å². The van der Waals surface area contributed by atoms with Crippen molar-refractivity contribution in [3.05, 3.63) is 33.9 Å². The lowest BCUT2D eigenvalue weighted by Crippen LogP contribution is -2.32. The predicted molar refractivity (Wildman–Crippen MR) is 68.5 cm³/mol. The minimum absolute atomic E-state index is 0.0119. The molecule has 5 nitrogen and oxygen atoms in total. The number of carboxylic acids is 1. The SMILES string of the molecule is NC(Cc1c(Cl)n(O)c2cccc(Cl)c12)C(=O)O. The van der Waals surface area contributed by atoms with E-state index in [9.17, 15) is 10.0 Å². The first-order valence-electron chi connectivity index (χ1n) is 5.08. The van der Waals surface area contributed by atoms with E-state index in [1.54, 1.807) is 18.2 Å². The van der Waals surface area contributed by atoms with Gasteiger partial charge in [0.05, 0.1) is 10.5 Å². The maximum Gasteiger partial charge on any atom is 0.320 e. The molecule has 2 rings (SSSR count). The van der Waals surface area contributed by atoms with E-state index in [0.717, 1.165) is 4.73 Å². The van der Waals surface area contributed by atoms with Gasteiger partial charge in [0, 0.05) is 17.4 Å². The Hall–Kier alpha value is -1.43. The van der Waals surface area contributed by atoms with Gasteiger partial charge in [-0.2, -0.15) is 4.73 Å². The molecule has 2 aromatic rings. The Morgan fingerprint density at radius 2 is 2.11 bits per heavy atom. The minimum atomic E-state index is -1.14. The van der Waals surface area contributed by atoms with Gasteiger partial charge in [0.15, 0.2) is 0 Å². The van der Waals surface area contributed by atoms with Gasteiger partial charge in [-0.3, -0.25) is 4.79 Å². The summed E-state index contributed by atoms with van der Waals surface area (Å²) in [4.78, 5) is 10.8. The number of halogens is 2. The van der Waals surface area contributed by atoms with Crippen molar-refractivity contribution in [3.8, 4) is 0 Å². The highest BCUT2D eigenvalue weighted by atomic mass is 35.5. The summed E-state index contributed by atoms with van der Waals surface area (Å²) < 4.78 is 0.771. The maximum atomic E-state index is 10.8. The molecule has 0 spiro atoms. The van der Waals surface area contributed by atoms with Crippen molar-refractivity contribution in [3.63, 3.8) is 0 Å². The molecule has 1 heterocycles. The molecular weight excluding hydrogens is 279 g/mol. The number of benzene rings is 1. The van der Waals surface area contributed by atoms with Crippen molar-refractivity contribution in [2.75, 3.05) is 0 Å². The second kappa shape index (κ2) is 4.68. The third-order valence-electron chi connectivity index (χ3n) is 2.70. The summed E-state index contributed by atoms with van der Waals surface area (Å²) in [6, 6.07) is 3.82. The van der Waals surface area contributed by atoms with Crippen LogP contribution in [0.1, 0.15) is 5.56 Å². The summed E-state index contributed by atoms with van der Waals surface area (Å²) in [5, 5.41) is 19.5. The lowest BCUT2D eigenvalue weighted by Gasteiger charge is -2.06. The van der Waals surface area contributed by atoms with E-state index >= 15 is 0 Å². The minimum Gasteiger partial charge on any atom is -0.480 e. The van der Waals surface area contributed by atoms with Crippen LogP contribution in [-0.2, 0) is 11.2 Å². The highest BCUT2D eigenvalue weighted by molar-refractivity contribution is 6.38. The van der Waals surface area contributed by atoms with Crippen molar-refractivity contribution in [2.24, 2.45) is 5.73 Å². The van der Waals surface area contributed by atoms with Crippen LogP contribution in [0, 0.1) is 0 Å². The van der Waals surface area contributed by atoms with Gasteiger partial charge in [0.2, 0.25) is 0 Å². The van der Waals surface area contributed by atoms with Crippen molar-refractivity contribution in [1.29, 1.82) is 0 Å². The maximum absolute atomic E-state index is 10.8. The Morgan fingerprint density at radius 1 is 1.44 bits per heavy atom. The van der Waals surface area contributed by atoms with Gasteiger partial charge < -0.3 is 16.0 Å². The molecular formula is C11H10Cl2N2O3. The lowest BCUT2D eigenvalue weighted by atomic mass is 10.1. The van der Waals surface area contributed by atoms with E-state index < -0.39 is 12.0 Å². The van der Waals surface area contributed by atoms with Gasteiger partial charge >= 0.3 is 5.97 Å². The Bertz CT molecular complexity index is 624. The smallest absolute Gasteiger partial charge is 0.320 e. The number of carboxylic acid groups (broad SMARTS) is 1. The molecule has 1 unspecified atom stereocenters. The van der Waals surface area contributed by atoms with Gasteiger partial charge in [-0.25, -0.2) is 0 Å². The van der Waals surface area contributed by atoms with Crippen LogP contribution in [0.2, 0.25) is 10.2 Å². The third-order valence-corrected chi connectivity index (χ3v) is 3.40. The van der Waals surface area contributed by atoms with Gasteiger partial charge in [0.1, 0.15) is 11.2 Å². The second-order valence-corrected chi connectivity index (χ2v) is 4.63. The van der Waals surface area contributed by atoms with Gasteiger partial charge in [-0.15, -0.1) is 0 Å². The van der Waals surface area contributed by atoms with E-state index in [-0.39, 0.29) is 11.6 Å². The monoisotopic (exact) mass is 288 g/mol. The summed E-state index contributed by atoms with van der Waals surface area (Å²) in [5.74, 6) is -1.14. The van der Waals surface area contributed by atoms with Crippen LogP contribution >= 0.6 is 23.2 Å². The molecule has 0 bridgehead atoms. The molecule has 1 aromatic heterocycles. The number of hydrogen-bond donors (Lipinski definition) is 3. The zero-order valence-electron chi connectivity index (χ0n) is 9.10. The molecule has 4 N–H and O–H groups in total. The van der Waals surface area contributed by atoms with E-state index in [0.29, 0.717) is 21.5 Å². The number of aromatic nitrogens is 1. The molecule has 0 fully saturated rings. The first kappa shape index (κ1) is 13.0. The molecule has 0 saturated carbocycles. The van der Waals surface area contributed by atoms with E-state index in [1.165, 1.54) is 0 Å². The summed E-state index contributed by atoms with van der Waals surface area (Å²) in [6.45, 7) is 0. The van der Waals surface area contributed by atoms with Crippen LogP contribution in [0.15, 0.2) is 18.2 Å². The molecule has 0 aliphatic rings. The molecule has 0 aliphatic carbocycles. The summed E-state index contributed by atoms with van der Waals surface area (Å²) in [6.07, 6.45) is -0.0119. The average molecular weight is 289 g/mol. The van der Waals surface area contributed by atoms with Crippen LogP contribution in [0.4, 0.5) is 0 Å². The normalized spacial score (nSPS) is 12.8. The van der Waals surface area contributed by atoms with Gasteiger partial charge in [-0.1, -0.05) is 29.3 Å². The highest BCUT2D eigenvalue weighted by Crippen LogP contribution is 2.34. The van der Waals surface area contributed by atoms with Crippen molar-refractivity contribution >= 4 is 40.1 Å². The molecule has 18 heavy (non-hydrogen) atoms. The fraction of sp³-hybridized carbons (Fsp3) is 0.182. The number of fused-ring (bicyclic) bond motifs is 1. The third kappa shape index (κ3) is 2.01. The number of aliphatic carboxylic acids is 1. The molecule has 7 heteroatoms. The predicted octanol–water partition coefficient (Wildman–Crippen LogP) is 2.14.